The number of hydrogen-bond acceptors (Lipinski definition) is 4. The summed E-state index contributed by atoms with van der Waals surface area (Å²) in [7, 11) is 0. The quantitative estimate of drug-likeness (QED) is 0.480. The summed E-state index contributed by atoms with van der Waals surface area (Å²) < 4.78 is 5.50. The van der Waals surface area contributed by atoms with Crippen molar-refractivity contribution in [2.75, 3.05) is 6.54 Å². The number of rotatable bonds is 5. The summed E-state index contributed by atoms with van der Waals surface area (Å²) in [4.78, 5) is 22.4. The Morgan fingerprint density at radius 3 is 2.45 bits per heavy atom. The molecule has 20 heavy (non-hydrogen) atoms. The van der Waals surface area contributed by atoms with Gasteiger partial charge in [0.15, 0.2) is 0 Å². The molecule has 0 atom stereocenters. The zero-order valence-electron chi connectivity index (χ0n) is 11.8. The smallest absolute Gasteiger partial charge is 0.329 e. The van der Waals surface area contributed by atoms with E-state index in [9.17, 15) is 9.59 Å². The number of carbonyl (C=O) groups excluding carboxylic acids is 2. The van der Waals surface area contributed by atoms with E-state index in [0.717, 1.165) is 11.3 Å². The number of hydrogen-bond donors (Lipinski definition) is 2. The van der Waals surface area contributed by atoms with Crippen molar-refractivity contribution in [3.63, 3.8) is 0 Å². The average molecular weight is 277 g/mol. The number of amides is 2. The highest BCUT2D eigenvalue weighted by Gasteiger charge is 2.09. The fourth-order valence-corrected chi connectivity index (χ4v) is 1.36. The lowest BCUT2D eigenvalue weighted by molar-refractivity contribution is -0.139. The Bertz CT molecular complexity index is 481. The molecule has 1 aromatic carbocycles. The van der Waals surface area contributed by atoms with Crippen LogP contribution in [0.4, 0.5) is 0 Å². The SMILES string of the molecule is CCNC(=O)C(=O)N/N=C\c1ccc(OC(C)C)cc1. The van der Waals surface area contributed by atoms with Gasteiger partial charge in [0.05, 0.1) is 12.3 Å². The maximum Gasteiger partial charge on any atom is 0.329 e. The Balaban J connectivity index is 2.50. The zero-order chi connectivity index (χ0) is 15.0. The lowest BCUT2D eigenvalue weighted by Gasteiger charge is -2.09. The normalized spacial score (nSPS) is 10.6. The minimum Gasteiger partial charge on any atom is -0.491 e. The summed E-state index contributed by atoms with van der Waals surface area (Å²) in [5.41, 5.74) is 2.94. The van der Waals surface area contributed by atoms with Crippen molar-refractivity contribution in [3.05, 3.63) is 29.8 Å². The van der Waals surface area contributed by atoms with E-state index in [-0.39, 0.29) is 6.10 Å². The van der Waals surface area contributed by atoms with Crippen molar-refractivity contribution in [1.29, 1.82) is 0 Å². The first-order valence-electron chi connectivity index (χ1n) is 6.41. The first-order chi connectivity index (χ1) is 9.52. The number of likely N-dealkylation sites (N-methyl/N-ethyl adjacent to an activating group) is 1. The zero-order valence-corrected chi connectivity index (χ0v) is 11.8. The van der Waals surface area contributed by atoms with Crippen LogP contribution in [-0.4, -0.2) is 30.7 Å². The highest BCUT2D eigenvalue weighted by Crippen LogP contribution is 2.12. The van der Waals surface area contributed by atoms with Gasteiger partial charge < -0.3 is 10.1 Å². The molecule has 0 saturated heterocycles. The van der Waals surface area contributed by atoms with Gasteiger partial charge in [0, 0.05) is 6.54 Å². The number of ether oxygens (including phenoxy) is 1. The van der Waals surface area contributed by atoms with Gasteiger partial charge in [-0.15, -0.1) is 0 Å². The molecule has 0 saturated carbocycles. The van der Waals surface area contributed by atoms with Crippen LogP contribution in [0.1, 0.15) is 26.3 Å². The van der Waals surface area contributed by atoms with Crippen LogP contribution in [0, 0.1) is 0 Å². The number of hydrazone groups is 1. The predicted octanol–water partition coefficient (Wildman–Crippen LogP) is 1.06. The lowest BCUT2D eigenvalue weighted by atomic mass is 10.2. The Morgan fingerprint density at radius 1 is 1.25 bits per heavy atom. The summed E-state index contributed by atoms with van der Waals surface area (Å²) in [6.07, 6.45) is 1.57. The Morgan fingerprint density at radius 2 is 1.90 bits per heavy atom. The van der Waals surface area contributed by atoms with Crippen molar-refractivity contribution in [3.8, 4) is 5.75 Å². The minimum atomic E-state index is -0.789. The fourth-order valence-electron chi connectivity index (χ4n) is 1.36. The van der Waals surface area contributed by atoms with Crippen LogP contribution in [0.5, 0.6) is 5.75 Å². The summed E-state index contributed by atoms with van der Waals surface area (Å²) in [5.74, 6) is -0.725. The highest BCUT2D eigenvalue weighted by atomic mass is 16.5. The molecule has 0 aliphatic heterocycles. The lowest BCUT2D eigenvalue weighted by Crippen LogP contribution is -2.37. The van der Waals surface area contributed by atoms with Gasteiger partial charge in [0.2, 0.25) is 0 Å². The van der Waals surface area contributed by atoms with E-state index in [4.69, 9.17) is 4.74 Å². The maximum absolute atomic E-state index is 11.2. The average Bonchev–Trinajstić information content (AvgIpc) is 2.40. The van der Waals surface area contributed by atoms with Crippen LogP contribution < -0.4 is 15.5 Å². The molecule has 6 nitrogen and oxygen atoms in total. The molecule has 0 fully saturated rings. The molecule has 0 unspecified atom stereocenters. The number of benzene rings is 1. The van der Waals surface area contributed by atoms with Gasteiger partial charge in [-0.1, -0.05) is 0 Å². The van der Waals surface area contributed by atoms with Gasteiger partial charge in [0.1, 0.15) is 5.75 Å². The van der Waals surface area contributed by atoms with Gasteiger partial charge in [-0.05, 0) is 50.6 Å². The number of carbonyl (C=O) groups is 2. The van der Waals surface area contributed by atoms with E-state index in [2.05, 4.69) is 15.8 Å². The molecule has 0 aliphatic rings. The molecule has 0 aliphatic carbocycles. The third kappa shape index (κ3) is 5.51. The topological polar surface area (TPSA) is 79.8 Å². The van der Waals surface area contributed by atoms with E-state index in [1.165, 1.54) is 6.21 Å². The second kappa shape index (κ2) is 7.93. The Labute approximate surface area is 118 Å². The molecule has 2 N–H and O–H groups in total. The monoisotopic (exact) mass is 277 g/mol. The van der Waals surface area contributed by atoms with E-state index in [0.29, 0.717) is 6.54 Å². The van der Waals surface area contributed by atoms with Crippen LogP contribution >= 0.6 is 0 Å². The van der Waals surface area contributed by atoms with Gasteiger partial charge >= 0.3 is 11.8 Å². The molecule has 1 aromatic rings. The van der Waals surface area contributed by atoms with Gasteiger partial charge in [-0.3, -0.25) is 9.59 Å². The summed E-state index contributed by atoms with van der Waals surface area (Å²) in [6.45, 7) is 6.03. The van der Waals surface area contributed by atoms with Gasteiger partial charge in [0.25, 0.3) is 0 Å². The predicted molar refractivity (Wildman–Crippen MR) is 76.6 cm³/mol. The van der Waals surface area contributed by atoms with E-state index >= 15 is 0 Å². The molecule has 108 valence electrons. The van der Waals surface area contributed by atoms with Gasteiger partial charge in [-0.2, -0.15) is 5.10 Å². The van der Waals surface area contributed by atoms with Gasteiger partial charge in [-0.25, -0.2) is 5.43 Å². The standard InChI is InChI=1S/C14H19N3O3/c1-4-15-13(18)14(19)17-16-9-11-5-7-12(8-6-11)20-10(2)3/h5-10H,4H2,1-3H3,(H,15,18)(H,17,19)/b16-9-. The maximum atomic E-state index is 11.2. The first kappa shape index (κ1) is 15.7. The van der Waals surface area contributed by atoms with Crippen molar-refractivity contribution >= 4 is 18.0 Å². The second-order valence-electron chi connectivity index (χ2n) is 4.29. The molecule has 0 bridgehead atoms. The van der Waals surface area contributed by atoms with E-state index < -0.39 is 11.8 Å². The largest absolute Gasteiger partial charge is 0.491 e. The van der Waals surface area contributed by atoms with E-state index in [1.807, 2.05) is 26.0 Å². The van der Waals surface area contributed by atoms with Crippen molar-refractivity contribution in [2.24, 2.45) is 5.10 Å². The molecule has 0 radical (unpaired) electrons. The summed E-state index contributed by atoms with van der Waals surface area (Å²) in [6, 6.07) is 7.24. The molecule has 1 rings (SSSR count). The molecule has 0 spiro atoms. The van der Waals surface area contributed by atoms with Crippen LogP contribution in [0.2, 0.25) is 0 Å². The molecule has 2 amide bonds. The molecule has 6 heteroatoms. The minimum absolute atomic E-state index is 0.117. The summed E-state index contributed by atoms with van der Waals surface area (Å²) >= 11 is 0. The van der Waals surface area contributed by atoms with Crippen molar-refractivity contribution < 1.29 is 14.3 Å². The first-order valence-corrected chi connectivity index (χ1v) is 6.41. The third-order valence-corrected chi connectivity index (χ3v) is 2.18. The Kier molecular flexibility index (Phi) is 6.22. The number of nitrogens with one attached hydrogen (secondary N) is 2. The highest BCUT2D eigenvalue weighted by molar-refractivity contribution is 6.35. The second-order valence-corrected chi connectivity index (χ2v) is 4.29. The third-order valence-electron chi connectivity index (χ3n) is 2.18. The van der Waals surface area contributed by atoms with E-state index in [1.54, 1.807) is 19.1 Å². The molecular formula is C14H19N3O3. The molecule has 0 heterocycles. The van der Waals surface area contributed by atoms with Crippen LogP contribution in [0.15, 0.2) is 29.4 Å². The fraction of sp³-hybridized carbons (Fsp3) is 0.357. The van der Waals surface area contributed by atoms with Crippen LogP contribution in [0.3, 0.4) is 0 Å². The summed E-state index contributed by atoms with van der Waals surface area (Å²) in [5, 5.41) is 6.09. The van der Waals surface area contributed by atoms with Crippen LogP contribution in [0.25, 0.3) is 0 Å². The number of nitrogens with zero attached hydrogens (tertiary/aromatic N) is 1. The Hall–Kier alpha value is -2.37. The van der Waals surface area contributed by atoms with Crippen LogP contribution in [-0.2, 0) is 9.59 Å². The molecule has 0 aromatic heterocycles. The van der Waals surface area contributed by atoms with Crippen molar-refractivity contribution in [2.45, 2.75) is 26.9 Å². The molecular weight excluding hydrogens is 258 g/mol. The van der Waals surface area contributed by atoms with Crippen molar-refractivity contribution in [1.82, 2.24) is 10.7 Å².